The Morgan fingerprint density at radius 3 is 2.61 bits per heavy atom. The van der Waals surface area contributed by atoms with E-state index in [1.54, 1.807) is 0 Å². The molecule has 1 unspecified atom stereocenters. The van der Waals surface area contributed by atoms with Crippen LogP contribution in [0.4, 0.5) is 0 Å². The maximum Gasteiger partial charge on any atom is 0.307 e. The highest BCUT2D eigenvalue weighted by molar-refractivity contribution is 5.70. The second-order valence-electron chi connectivity index (χ2n) is 5.73. The summed E-state index contributed by atoms with van der Waals surface area (Å²) in [6.07, 6.45) is 1.73. The molecule has 1 aliphatic heterocycles. The number of rotatable bonds is 4. The van der Waals surface area contributed by atoms with Gasteiger partial charge in [-0.25, -0.2) is 0 Å². The van der Waals surface area contributed by atoms with Crippen molar-refractivity contribution in [3.8, 4) is 0 Å². The Morgan fingerprint density at radius 1 is 1.39 bits per heavy atom. The van der Waals surface area contributed by atoms with E-state index in [0.717, 1.165) is 19.4 Å². The Morgan fingerprint density at radius 2 is 2.06 bits per heavy atom. The number of aliphatic carboxylic acids is 1. The molecule has 0 amide bonds. The van der Waals surface area contributed by atoms with E-state index in [1.807, 2.05) is 18.2 Å². The Labute approximate surface area is 108 Å². The van der Waals surface area contributed by atoms with Crippen molar-refractivity contribution in [3.63, 3.8) is 0 Å². The van der Waals surface area contributed by atoms with Crippen LogP contribution in [-0.4, -0.2) is 34.6 Å². The van der Waals surface area contributed by atoms with Crippen molar-refractivity contribution in [1.29, 1.82) is 0 Å². The molecule has 3 heteroatoms. The number of carbonyl (C=O) groups is 1. The van der Waals surface area contributed by atoms with Crippen LogP contribution in [0.1, 0.15) is 25.8 Å². The van der Waals surface area contributed by atoms with Crippen LogP contribution in [0.25, 0.3) is 0 Å². The Hall–Kier alpha value is -1.35. The van der Waals surface area contributed by atoms with E-state index >= 15 is 0 Å². The lowest BCUT2D eigenvalue weighted by Gasteiger charge is -2.31. The number of hydrogen-bond donors (Lipinski definition) is 1. The SMILES string of the molecule is CC1(C)CC(C(=O)O)CN1CCc1ccccc1. The number of benzene rings is 1. The minimum Gasteiger partial charge on any atom is -0.481 e. The summed E-state index contributed by atoms with van der Waals surface area (Å²) < 4.78 is 0. The van der Waals surface area contributed by atoms with Gasteiger partial charge in [0.15, 0.2) is 0 Å². The van der Waals surface area contributed by atoms with Gasteiger partial charge in [-0.2, -0.15) is 0 Å². The van der Waals surface area contributed by atoms with E-state index in [9.17, 15) is 4.79 Å². The predicted molar refractivity (Wildman–Crippen MR) is 71.5 cm³/mol. The Bertz CT molecular complexity index is 414. The number of carboxylic acids is 1. The molecule has 0 aliphatic carbocycles. The summed E-state index contributed by atoms with van der Waals surface area (Å²) in [6, 6.07) is 10.4. The zero-order valence-corrected chi connectivity index (χ0v) is 11.1. The molecule has 18 heavy (non-hydrogen) atoms. The summed E-state index contributed by atoms with van der Waals surface area (Å²) in [5, 5.41) is 9.12. The standard InChI is InChI=1S/C15H21NO2/c1-15(2)10-13(14(17)18)11-16(15)9-8-12-6-4-3-5-7-12/h3-7,13H,8-11H2,1-2H3,(H,17,18). The van der Waals surface area contributed by atoms with Crippen molar-refractivity contribution in [2.45, 2.75) is 32.2 Å². The summed E-state index contributed by atoms with van der Waals surface area (Å²) in [5.74, 6) is -0.874. The Kier molecular flexibility index (Phi) is 3.71. The molecule has 1 aromatic rings. The van der Waals surface area contributed by atoms with Crippen molar-refractivity contribution in [2.75, 3.05) is 13.1 Å². The fourth-order valence-corrected chi connectivity index (χ4v) is 2.78. The molecule has 1 N–H and O–H groups in total. The maximum absolute atomic E-state index is 11.1. The topological polar surface area (TPSA) is 40.5 Å². The lowest BCUT2D eigenvalue weighted by molar-refractivity contribution is -0.141. The maximum atomic E-state index is 11.1. The molecule has 2 rings (SSSR count). The highest BCUT2D eigenvalue weighted by Gasteiger charge is 2.40. The molecule has 1 aromatic carbocycles. The van der Waals surface area contributed by atoms with Crippen LogP contribution in [0.3, 0.4) is 0 Å². The molecular weight excluding hydrogens is 226 g/mol. The van der Waals surface area contributed by atoms with Crippen LogP contribution < -0.4 is 0 Å². The molecule has 1 heterocycles. The lowest BCUT2D eigenvalue weighted by Crippen LogP contribution is -2.39. The first-order valence-electron chi connectivity index (χ1n) is 6.51. The number of likely N-dealkylation sites (tertiary alicyclic amines) is 1. The van der Waals surface area contributed by atoms with Crippen molar-refractivity contribution in [3.05, 3.63) is 35.9 Å². The average Bonchev–Trinajstić information content (AvgIpc) is 2.64. The zero-order chi connectivity index (χ0) is 13.2. The third-order valence-corrected chi connectivity index (χ3v) is 3.91. The first-order valence-corrected chi connectivity index (χ1v) is 6.51. The van der Waals surface area contributed by atoms with Crippen LogP contribution in [0.15, 0.2) is 30.3 Å². The van der Waals surface area contributed by atoms with Gasteiger partial charge >= 0.3 is 5.97 Å². The van der Waals surface area contributed by atoms with E-state index in [4.69, 9.17) is 5.11 Å². The normalized spacial score (nSPS) is 23.1. The molecule has 0 radical (unpaired) electrons. The van der Waals surface area contributed by atoms with E-state index in [1.165, 1.54) is 5.56 Å². The molecular formula is C15H21NO2. The molecule has 1 aliphatic rings. The quantitative estimate of drug-likeness (QED) is 0.888. The summed E-state index contributed by atoms with van der Waals surface area (Å²) in [6.45, 7) is 5.89. The molecule has 1 fully saturated rings. The Balaban J connectivity index is 1.95. The van der Waals surface area contributed by atoms with Crippen molar-refractivity contribution in [2.24, 2.45) is 5.92 Å². The number of carboxylic acid groups (broad SMARTS) is 1. The van der Waals surface area contributed by atoms with Gasteiger partial charge in [0.2, 0.25) is 0 Å². The zero-order valence-electron chi connectivity index (χ0n) is 11.1. The van der Waals surface area contributed by atoms with Gasteiger partial charge in [0.1, 0.15) is 0 Å². The van der Waals surface area contributed by atoms with Crippen LogP contribution >= 0.6 is 0 Å². The van der Waals surface area contributed by atoms with E-state index in [-0.39, 0.29) is 11.5 Å². The van der Waals surface area contributed by atoms with E-state index in [0.29, 0.717) is 6.54 Å². The van der Waals surface area contributed by atoms with Gasteiger partial charge < -0.3 is 5.11 Å². The van der Waals surface area contributed by atoms with Crippen molar-refractivity contribution < 1.29 is 9.90 Å². The van der Waals surface area contributed by atoms with Gasteiger partial charge in [-0.15, -0.1) is 0 Å². The van der Waals surface area contributed by atoms with Crippen molar-refractivity contribution >= 4 is 5.97 Å². The van der Waals surface area contributed by atoms with E-state index < -0.39 is 5.97 Å². The highest BCUT2D eigenvalue weighted by Crippen LogP contribution is 2.32. The van der Waals surface area contributed by atoms with Crippen LogP contribution in [0.5, 0.6) is 0 Å². The molecule has 1 atom stereocenters. The minimum absolute atomic E-state index is 0.00215. The molecule has 98 valence electrons. The van der Waals surface area contributed by atoms with Gasteiger partial charge in [0, 0.05) is 18.6 Å². The summed E-state index contributed by atoms with van der Waals surface area (Å²) >= 11 is 0. The van der Waals surface area contributed by atoms with Gasteiger partial charge in [0.05, 0.1) is 5.92 Å². The number of hydrogen-bond acceptors (Lipinski definition) is 2. The van der Waals surface area contributed by atoms with Crippen molar-refractivity contribution in [1.82, 2.24) is 4.90 Å². The molecule has 0 saturated carbocycles. The first kappa shape index (κ1) is 13.1. The van der Waals surface area contributed by atoms with Gasteiger partial charge in [-0.05, 0) is 32.3 Å². The largest absolute Gasteiger partial charge is 0.481 e. The molecule has 1 saturated heterocycles. The smallest absolute Gasteiger partial charge is 0.307 e. The fourth-order valence-electron chi connectivity index (χ4n) is 2.78. The van der Waals surface area contributed by atoms with Gasteiger partial charge in [-0.1, -0.05) is 30.3 Å². The summed E-state index contributed by atoms with van der Waals surface area (Å²) in [7, 11) is 0. The molecule has 3 nitrogen and oxygen atoms in total. The third kappa shape index (κ3) is 2.91. The summed E-state index contributed by atoms with van der Waals surface area (Å²) in [4.78, 5) is 13.4. The van der Waals surface area contributed by atoms with Gasteiger partial charge in [-0.3, -0.25) is 9.69 Å². The highest BCUT2D eigenvalue weighted by atomic mass is 16.4. The van der Waals surface area contributed by atoms with Gasteiger partial charge in [0.25, 0.3) is 0 Å². The van der Waals surface area contributed by atoms with E-state index in [2.05, 4.69) is 30.9 Å². The number of nitrogens with zero attached hydrogens (tertiary/aromatic N) is 1. The molecule has 0 spiro atoms. The lowest BCUT2D eigenvalue weighted by atomic mass is 9.96. The second-order valence-corrected chi connectivity index (χ2v) is 5.73. The minimum atomic E-state index is -0.662. The van der Waals surface area contributed by atoms with Crippen LogP contribution in [0, 0.1) is 5.92 Å². The monoisotopic (exact) mass is 247 g/mol. The van der Waals surface area contributed by atoms with Crippen LogP contribution in [-0.2, 0) is 11.2 Å². The third-order valence-electron chi connectivity index (χ3n) is 3.91. The fraction of sp³-hybridized carbons (Fsp3) is 0.533. The predicted octanol–water partition coefficient (Wildman–Crippen LogP) is 2.41. The molecule has 0 aromatic heterocycles. The summed E-state index contributed by atoms with van der Waals surface area (Å²) in [5.41, 5.74) is 1.31. The average molecular weight is 247 g/mol. The second kappa shape index (κ2) is 5.11. The van der Waals surface area contributed by atoms with Crippen LogP contribution in [0.2, 0.25) is 0 Å². The molecule has 0 bridgehead atoms. The first-order chi connectivity index (χ1) is 8.49.